The Morgan fingerprint density at radius 3 is 3.00 bits per heavy atom. The molecule has 1 amide bonds. The highest BCUT2D eigenvalue weighted by atomic mass is 35.5. The molecule has 0 N–H and O–H groups in total. The Hall–Kier alpha value is -1.66. The first-order chi connectivity index (χ1) is 9.24. The summed E-state index contributed by atoms with van der Waals surface area (Å²) in [6.45, 7) is 1.39. The molecule has 19 heavy (non-hydrogen) atoms. The molecule has 0 fully saturated rings. The highest BCUT2D eigenvalue weighted by molar-refractivity contribution is 7.15. The van der Waals surface area contributed by atoms with Gasteiger partial charge >= 0.3 is 0 Å². The molecule has 2 heterocycles. The minimum atomic E-state index is -0.0561. The summed E-state index contributed by atoms with van der Waals surface area (Å²) in [6, 6.07) is 7.25. The molecule has 1 aromatic heterocycles. The number of hydrogen-bond donors (Lipinski definition) is 0. The zero-order valence-corrected chi connectivity index (χ0v) is 11.4. The van der Waals surface area contributed by atoms with Gasteiger partial charge in [0.1, 0.15) is 17.4 Å². The van der Waals surface area contributed by atoms with Crippen LogP contribution in [0.4, 0.5) is 0 Å². The third-order valence-corrected chi connectivity index (χ3v) is 3.80. The Labute approximate surface area is 118 Å². The van der Waals surface area contributed by atoms with Crippen LogP contribution in [0, 0.1) is 0 Å². The van der Waals surface area contributed by atoms with Crippen LogP contribution in [-0.2, 0) is 6.54 Å². The van der Waals surface area contributed by atoms with E-state index in [4.69, 9.17) is 16.3 Å². The molecular formula is C12H10ClN3O2S. The molecular weight excluding hydrogens is 286 g/mol. The van der Waals surface area contributed by atoms with Gasteiger partial charge in [-0.15, -0.1) is 10.2 Å². The Balaban J connectivity index is 1.85. The van der Waals surface area contributed by atoms with Gasteiger partial charge in [-0.3, -0.25) is 4.79 Å². The first-order valence-corrected chi connectivity index (χ1v) is 6.92. The quantitative estimate of drug-likeness (QED) is 0.852. The van der Waals surface area contributed by atoms with Crippen LogP contribution in [-0.4, -0.2) is 34.2 Å². The highest BCUT2D eigenvalue weighted by Crippen LogP contribution is 2.24. The summed E-state index contributed by atoms with van der Waals surface area (Å²) >= 11 is 7.02. The molecule has 1 aliphatic rings. The predicted molar refractivity (Wildman–Crippen MR) is 71.6 cm³/mol. The normalized spacial score (nSPS) is 14.8. The van der Waals surface area contributed by atoms with E-state index in [1.165, 1.54) is 11.3 Å². The highest BCUT2D eigenvalue weighted by Gasteiger charge is 2.24. The molecule has 98 valence electrons. The van der Waals surface area contributed by atoms with Gasteiger partial charge in [-0.2, -0.15) is 0 Å². The summed E-state index contributed by atoms with van der Waals surface area (Å²) in [5.41, 5.74) is 0.579. The summed E-state index contributed by atoms with van der Waals surface area (Å²) in [5, 5.41) is 8.39. The largest absolute Gasteiger partial charge is 0.491 e. The number of rotatable bonds is 2. The van der Waals surface area contributed by atoms with Crippen LogP contribution in [0.15, 0.2) is 24.3 Å². The lowest BCUT2D eigenvalue weighted by Gasteiger charge is -2.17. The molecule has 7 heteroatoms. The van der Waals surface area contributed by atoms with E-state index in [1.54, 1.807) is 17.0 Å². The molecule has 0 spiro atoms. The van der Waals surface area contributed by atoms with E-state index >= 15 is 0 Å². The Bertz CT molecular complexity index is 617. The van der Waals surface area contributed by atoms with Crippen LogP contribution in [0.3, 0.4) is 0 Å². The van der Waals surface area contributed by atoms with Crippen LogP contribution >= 0.6 is 22.9 Å². The topological polar surface area (TPSA) is 55.3 Å². The van der Waals surface area contributed by atoms with Gasteiger partial charge in [-0.25, -0.2) is 0 Å². The number of carbonyl (C=O) groups is 1. The van der Waals surface area contributed by atoms with Gasteiger partial charge in [-0.05, 0) is 23.7 Å². The Morgan fingerprint density at radius 2 is 2.21 bits per heavy atom. The minimum absolute atomic E-state index is 0.0561. The monoisotopic (exact) mass is 295 g/mol. The molecule has 0 saturated carbocycles. The SMILES string of the molecule is O=C1c2ccccc2OCCN1Cc1nnc(Cl)s1. The number of hydrogen-bond acceptors (Lipinski definition) is 5. The number of para-hydroxylation sites is 1. The van der Waals surface area contributed by atoms with Crippen LogP contribution in [0.25, 0.3) is 0 Å². The molecule has 1 aliphatic heterocycles. The summed E-state index contributed by atoms with van der Waals surface area (Å²) in [5.74, 6) is 0.574. The molecule has 5 nitrogen and oxygen atoms in total. The molecule has 0 radical (unpaired) electrons. The lowest BCUT2D eigenvalue weighted by Crippen LogP contribution is -2.31. The van der Waals surface area contributed by atoms with Crippen LogP contribution < -0.4 is 4.74 Å². The maximum Gasteiger partial charge on any atom is 0.258 e. The van der Waals surface area contributed by atoms with Gasteiger partial charge in [0.15, 0.2) is 0 Å². The van der Waals surface area contributed by atoms with E-state index in [9.17, 15) is 4.79 Å². The van der Waals surface area contributed by atoms with E-state index in [1.807, 2.05) is 12.1 Å². The predicted octanol–water partition coefficient (Wildman–Crippen LogP) is 2.23. The van der Waals surface area contributed by atoms with Gasteiger partial charge in [0.25, 0.3) is 5.91 Å². The fraction of sp³-hybridized carbons (Fsp3) is 0.250. The summed E-state index contributed by atoms with van der Waals surface area (Å²) in [7, 11) is 0. The zero-order chi connectivity index (χ0) is 13.2. The average molecular weight is 296 g/mol. The molecule has 2 aromatic rings. The van der Waals surface area contributed by atoms with Crippen molar-refractivity contribution in [1.82, 2.24) is 15.1 Å². The number of benzene rings is 1. The number of nitrogens with zero attached hydrogens (tertiary/aromatic N) is 3. The maximum atomic E-state index is 12.4. The van der Waals surface area contributed by atoms with E-state index in [0.29, 0.717) is 35.5 Å². The molecule has 0 bridgehead atoms. The second-order valence-corrected chi connectivity index (χ2v) is 5.66. The fourth-order valence-electron chi connectivity index (χ4n) is 1.92. The molecule has 3 rings (SSSR count). The van der Waals surface area contributed by atoms with E-state index < -0.39 is 0 Å². The van der Waals surface area contributed by atoms with Crippen molar-refractivity contribution in [3.63, 3.8) is 0 Å². The number of aromatic nitrogens is 2. The lowest BCUT2D eigenvalue weighted by atomic mass is 10.2. The standard InChI is InChI=1S/C12H10ClN3O2S/c13-12-15-14-10(19-12)7-16-5-6-18-9-4-2-1-3-8(9)11(16)17/h1-4H,5-7H2. The van der Waals surface area contributed by atoms with Crippen LogP contribution in [0.1, 0.15) is 15.4 Å². The molecule has 0 unspecified atom stereocenters. The van der Waals surface area contributed by atoms with Crippen molar-refractivity contribution >= 4 is 28.8 Å². The van der Waals surface area contributed by atoms with Gasteiger partial charge in [-0.1, -0.05) is 23.5 Å². The number of ether oxygens (including phenoxy) is 1. The molecule has 0 atom stereocenters. The van der Waals surface area contributed by atoms with Crippen molar-refractivity contribution in [2.24, 2.45) is 0 Å². The van der Waals surface area contributed by atoms with Gasteiger partial charge in [0, 0.05) is 0 Å². The Morgan fingerprint density at radius 1 is 1.37 bits per heavy atom. The summed E-state index contributed by atoms with van der Waals surface area (Å²) in [4.78, 5) is 14.1. The number of carbonyl (C=O) groups excluding carboxylic acids is 1. The summed E-state index contributed by atoms with van der Waals surface area (Å²) < 4.78 is 5.95. The molecule has 0 aliphatic carbocycles. The lowest BCUT2D eigenvalue weighted by molar-refractivity contribution is 0.0742. The van der Waals surface area contributed by atoms with Crippen molar-refractivity contribution in [2.75, 3.05) is 13.2 Å². The summed E-state index contributed by atoms with van der Waals surface area (Å²) in [6.07, 6.45) is 0. The smallest absolute Gasteiger partial charge is 0.258 e. The van der Waals surface area contributed by atoms with E-state index in [2.05, 4.69) is 10.2 Å². The number of halogens is 1. The van der Waals surface area contributed by atoms with Crippen molar-refractivity contribution in [3.8, 4) is 5.75 Å². The third-order valence-electron chi connectivity index (χ3n) is 2.79. The maximum absolute atomic E-state index is 12.4. The van der Waals surface area contributed by atoms with Crippen LogP contribution in [0.5, 0.6) is 5.75 Å². The van der Waals surface area contributed by atoms with Gasteiger partial charge < -0.3 is 9.64 Å². The van der Waals surface area contributed by atoms with Crippen molar-refractivity contribution in [2.45, 2.75) is 6.54 Å². The average Bonchev–Trinajstić information content (AvgIpc) is 2.75. The Kier molecular flexibility index (Phi) is 3.35. The molecule has 0 saturated heterocycles. The first kappa shape index (κ1) is 12.4. The molecule has 1 aromatic carbocycles. The number of fused-ring (bicyclic) bond motifs is 1. The van der Waals surface area contributed by atoms with Crippen LogP contribution in [0.2, 0.25) is 4.47 Å². The second kappa shape index (κ2) is 5.14. The third kappa shape index (κ3) is 2.54. The van der Waals surface area contributed by atoms with E-state index in [0.717, 1.165) is 5.01 Å². The number of amides is 1. The second-order valence-electron chi connectivity index (χ2n) is 4.02. The van der Waals surface area contributed by atoms with Crippen molar-refractivity contribution in [3.05, 3.63) is 39.3 Å². The first-order valence-electron chi connectivity index (χ1n) is 5.73. The minimum Gasteiger partial charge on any atom is -0.491 e. The van der Waals surface area contributed by atoms with Gasteiger partial charge in [0.2, 0.25) is 4.47 Å². The van der Waals surface area contributed by atoms with Crippen molar-refractivity contribution < 1.29 is 9.53 Å². The van der Waals surface area contributed by atoms with Crippen molar-refractivity contribution in [1.29, 1.82) is 0 Å². The fourth-order valence-corrected chi connectivity index (χ4v) is 2.80. The zero-order valence-electron chi connectivity index (χ0n) is 9.88. The van der Waals surface area contributed by atoms with Gasteiger partial charge in [0.05, 0.1) is 18.7 Å². The van der Waals surface area contributed by atoms with E-state index in [-0.39, 0.29) is 5.91 Å².